The number of unbranched alkanes of at least 4 members (excludes halogenated alkanes) is 1. The van der Waals surface area contributed by atoms with Crippen LogP contribution in [-0.2, 0) is 6.42 Å². The first-order chi connectivity index (χ1) is 7.07. The number of hydrogen-bond donors (Lipinski definition) is 2. The highest BCUT2D eigenvalue weighted by molar-refractivity contribution is 5.59. The fourth-order valence-electron chi connectivity index (χ4n) is 1.38. The third kappa shape index (κ3) is 2.37. The summed E-state index contributed by atoms with van der Waals surface area (Å²) in [7, 11) is 0. The maximum atomic E-state index is 10.7. The molecule has 0 saturated carbocycles. The summed E-state index contributed by atoms with van der Waals surface area (Å²) in [6.45, 7) is 1.98. The molecule has 5 nitrogen and oxygen atoms in total. The second-order valence-electron chi connectivity index (χ2n) is 3.30. The number of aryl methyl sites for hydroxylation is 1. The third-order valence-corrected chi connectivity index (χ3v) is 2.20. The predicted octanol–water partition coefficient (Wildman–Crippen LogP) is 2.35. The Balaban J connectivity index is 3.15. The van der Waals surface area contributed by atoms with Gasteiger partial charge in [-0.15, -0.1) is 0 Å². The van der Waals surface area contributed by atoms with Gasteiger partial charge in [-0.05, 0) is 25.0 Å². The number of phenols is 2. The number of nitro benzene ring substituents is 1. The van der Waals surface area contributed by atoms with E-state index in [1.807, 2.05) is 6.92 Å². The van der Waals surface area contributed by atoms with Gasteiger partial charge < -0.3 is 10.2 Å². The predicted molar refractivity (Wildman–Crippen MR) is 55.0 cm³/mol. The van der Waals surface area contributed by atoms with Gasteiger partial charge in [-0.1, -0.05) is 13.3 Å². The molecule has 0 unspecified atom stereocenters. The van der Waals surface area contributed by atoms with Gasteiger partial charge in [0.15, 0.2) is 5.75 Å². The summed E-state index contributed by atoms with van der Waals surface area (Å²) >= 11 is 0. The Labute approximate surface area is 87.1 Å². The molecule has 0 aromatic heterocycles. The second kappa shape index (κ2) is 4.63. The van der Waals surface area contributed by atoms with Crippen molar-refractivity contribution in [1.82, 2.24) is 0 Å². The molecule has 1 rings (SSSR count). The number of rotatable bonds is 4. The summed E-state index contributed by atoms with van der Waals surface area (Å²) < 4.78 is 0. The average molecular weight is 211 g/mol. The van der Waals surface area contributed by atoms with Crippen LogP contribution in [0.4, 0.5) is 5.69 Å². The molecule has 82 valence electrons. The third-order valence-electron chi connectivity index (χ3n) is 2.20. The molecular weight excluding hydrogens is 198 g/mol. The summed E-state index contributed by atoms with van der Waals surface area (Å²) in [4.78, 5) is 10.0. The topological polar surface area (TPSA) is 83.6 Å². The number of nitrogens with zero attached hydrogens (tertiary/aromatic N) is 1. The van der Waals surface area contributed by atoms with E-state index in [1.54, 1.807) is 0 Å². The number of benzene rings is 1. The molecule has 0 aliphatic rings. The Morgan fingerprint density at radius 3 is 2.60 bits per heavy atom. The van der Waals surface area contributed by atoms with E-state index in [0.717, 1.165) is 12.8 Å². The van der Waals surface area contributed by atoms with Crippen LogP contribution < -0.4 is 0 Å². The first-order valence-electron chi connectivity index (χ1n) is 4.76. The van der Waals surface area contributed by atoms with Crippen molar-refractivity contribution in [1.29, 1.82) is 0 Å². The van der Waals surface area contributed by atoms with Crippen LogP contribution in [0, 0.1) is 10.1 Å². The highest BCUT2D eigenvalue weighted by Gasteiger charge is 2.22. The van der Waals surface area contributed by atoms with Crippen LogP contribution in [-0.4, -0.2) is 15.1 Å². The van der Waals surface area contributed by atoms with Crippen LogP contribution in [0.1, 0.15) is 25.3 Å². The molecule has 0 aliphatic carbocycles. The standard InChI is InChI=1S/C10H13NO4/c1-2-3-4-7-5-6-8(12)10(13)9(7)11(14)15/h5-6,12-13H,2-4H2,1H3. The summed E-state index contributed by atoms with van der Waals surface area (Å²) in [5, 5.41) is 29.2. The van der Waals surface area contributed by atoms with Crippen molar-refractivity contribution in [2.24, 2.45) is 0 Å². The molecule has 0 fully saturated rings. The first-order valence-corrected chi connectivity index (χ1v) is 4.76. The molecule has 0 bridgehead atoms. The van der Waals surface area contributed by atoms with Crippen LogP contribution in [0.3, 0.4) is 0 Å². The van der Waals surface area contributed by atoms with E-state index in [1.165, 1.54) is 12.1 Å². The van der Waals surface area contributed by atoms with Crippen LogP contribution in [0.25, 0.3) is 0 Å². The zero-order chi connectivity index (χ0) is 11.4. The smallest absolute Gasteiger partial charge is 0.317 e. The van der Waals surface area contributed by atoms with Crippen LogP contribution >= 0.6 is 0 Å². The lowest BCUT2D eigenvalue weighted by Crippen LogP contribution is -1.96. The highest BCUT2D eigenvalue weighted by atomic mass is 16.6. The minimum atomic E-state index is -0.667. The van der Waals surface area contributed by atoms with Crippen molar-refractivity contribution in [2.45, 2.75) is 26.2 Å². The summed E-state index contributed by atoms with van der Waals surface area (Å²) in [6.07, 6.45) is 2.25. The molecule has 1 aromatic carbocycles. The lowest BCUT2D eigenvalue weighted by molar-refractivity contribution is -0.386. The Kier molecular flexibility index (Phi) is 3.49. The van der Waals surface area contributed by atoms with Crippen LogP contribution in [0.15, 0.2) is 12.1 Å². The highest BCUT2D eigenvalue weighted by Crippen LogP contribution is 2.38. The van der Waals surface area contributed by atoms with Crippen LogP contribution in [0.5, 0.6) is 11.5 Å². The van der Waals surface area contributed by atoms with Gasteiger partial charge in [0.1, 0.15) is 0 Å². The van der Waals surface area contributed by atoms with E-state index in [9.17, 15) is 15.2 Å². The minimum absolute atomic E-state index is 0.386. The minimum Gasteiger partial charge on any atom is -0.504 e. The molecule has 0 amide bonds. The quantitative estimate of drug-likeness (QED) is 0.455. The molecule has 15 heavy (non-hydrogen) atoms. The van der Waals surface area contributed by atoms with Gasteiger partial charge in [-0.3, -0.25) is 10.1 Å². The Morgan fingerprint density at radius 1 is 1.40 bits per heavy atom. The monoisotopic (exact) mass is 211 g/mol. The van der Waals surface area contributed by atoms with E-state index in [2.05, 4.69) is 0 Å². The molecular formula is C10H13NO4. The van der Waals surface area contributed by atoms with E-state index < -0.39 is 16.4 Å². The summed E-state index contributed by atoms with van der Waals surface area (Å²) in [5.41, 5.74) is 0.0700. The van der Waals surface area contributed by atoms with Gasteiger partial charge in [0.2, 0.25) is 5.75 Å². The van der Waals surface area contributed by atoms with Gasteiger partial charge in [-0.2, -0.15) is 0 Å². The van der Waals surface area contributed by atoms with E-state index in [-0.39, 0.29) is 5.69 Å². The van der Waals surface area contributed by atoms with Crippen molar-refractivity contribution in [3.8, 4) is 11.5 Å². The SMILES string of the molecule is CCCCc1ccc(O)c(O)c1[N+](=O)[O-]. The van der Waals surface area contributed by atoms with Crippen molar-refractivity contribution < 1.29 is 15.1 Å². The molecule has 0 radical (unpaired) electrons. The van der Waals surface area contributed by atoms with E-state index >= 15 is 0 Å². The molecule has 1 aromatic rings. The average Bonchev–Trinajstić information content (AvgIpc) is 2.19. The zero-order valence-electron chi connectivity index (χ0n) is 8.43. The maximum absolute atomic E-state index is 10.7. The maximum Gasteiger partial charge on any atom is 0.317 e. The Hall–Kier alpha value is -1.78. The van der Waals surface area contributed by atoms with E-state index in [4.69, 9.17) is 5.11 Å². The number of aromatic hydroxyl groups is 2. The zero-order valence-corrected chi connectivity index (χ0v) is 8.43. The molecule has 5 heteroatoms. The lowest BCUT2D eigenvalue weighted by Gasteiger charge is -2.04. The van der Waals surface area contributed by atoms with Gasteiger partial charge in [0, 0.05) is 5.56 Å². The van der Waals surface area contributed by atoms with Crippen molar-refractivity contribution >= 4 is 5.69 Å². The fourth-order valence-corrected chi connectivity index (χ4v) is 1.38. The lowest BCUT2D eigenvalue weighted by atomic mass is 10.1. The number of nitro groups is 1. The van der Waals surface area contributed by atoms with Crippen LogP contribution in [0.2, 0.25) is 0 Å². The van der Waals surface area contributed by atoms with Gasteiger partial charge in [0.05, 0.1) is 4.92 Å². The van der Waals surface area contributed by atoms with Crippen molar-refractivity contribution in [3.05, 3.63) is 27.8 Å². The molecule has 0 spiro atoms. The fraction of sp³-hybridized carbons (Fsp3) is 0.400. The first kappa shape index (κ1) is 11.3. The summed E-state index contributed by atoms with van der Waals surface area (Å²) in [5.74, 6) is -1.10. The number of phenolic OH excluding ortho intramolecular Hbond substituents is 2. The normalized spacial score (nSPS) is 10.2. The molecule has 0 heterocycles. The van der Waals surface area contributed by atoms with Gasteiger partial charge in [-0.25, -0.2) is 0 Å². The Morgan fingerprint density at radius 2 is 2.07 bits per heavy atom. The molecule has 0 atom stereocenters. The second-order valence-corrected chi connectivity index (χ2v) is 3.30. The molecule has 0 aliphatic heterocycles. The van der Waals surface area contributed by atoms with E-state index in [0.29, 0.717) is 12.0 Å². The molecule has 0 saturated heterocycles. The summed E-state index contributed by atoms with van der Waals surface area (Å²) in [6, 6.07) is 2.75. The number of hydrogen-bond acceptors (Lipinski definition) is 4. The van der Waals surface area contributed by atoms with Gasteiger partial charge >= 0.3 is 5.69 Å². The Bertz CT molecular complexity index is 376. The van der Waals surface area contributed by atoms with Crippen molar-refractivity contribution in [3.63, 3.8) is 0 Å². The van der Waals surface area contributed by atoms with Crippen molar-refractivity contribution in [2.75, 3.05) is 0 Å². The largest absolute Gasteiger partial charge is 0.504 e. The molecule has 2 N–H and O–H groups in total. The van der Waals surface area contributed by atoms with Gasteiger partial charge in [0.25, 0.3) is 0 Å².